The number of aryl methyl sites for hydroxylation is 1. The van der Waals surface area contributed by atoms with Gasteiger partial charge in [-0.1, -0.05) is 66.6 Å². The van der Waals surface area contributed by atoms with Gasteiger partial charge in [-0.15, -0.1) is 0 Å². The van der Waals surface area contributed by atoms with E-state index in [1.165, 1.54) is 12.1 Å². The van der Waals surface area contributed by atoms with Gasteiger partial charge in [-0.25, -0.2) is 4.68 Å². The van der Waals surface area contributed by atoms with Crippen LogP contribution in [0.1, 0.15) is 18.1 Å². The number of aromatic nitrogens is 2. The summed E-state index contributed by atoms with van der Waals surface area (Å²) >= 11 is 5.99. The van der Waals surface area contributed by atoms with Crippen molar-refractivity contribution in [1.82, 2.24) is 15.1 Å². The van der Waals surface area contributed by atoms with Crippen molar-refractivity contribution in [2.75, 3.05) is 20.6 Å². The van der Waals surface area contributed by atoms with Gasteiger partial charge >= 0.3 is 6.18 Å². The Hall–Kier alpha value is -3.13. The number of halogens is 4. The number of rotatable bonds is 3. The fourth-order valence-corrected chi connectivity index (χ4v) is 3.39. The topological polar surface area (TPSA) is 55.9 Å². The molecule has 0 unspecified atom stereocenters. The molecule has 0 spiro atoms. The van der Waals surface area contributed by atoms with Gasteiger partial charge in [0.1, 0.15) is 0 Å². The molecule has 1 heterocycles. The minimum Gasteiger partial charge on any atom is -0.331 e. The average molecular weight is 503 g/mol. The molecule has 0 aliphatic rings. The number of nitrogens with two attached hydrogens (primary N) is 1. The summed E-state index contributed by atoms with van der Waals surface area (Å²) in [6, 6.07) is 20.0. The molecular weight excluding hydrogens is 473 g/mol. The summed E-state index contributed by atoms with van der Waals surface area (Å²) in [6.07, 6.45) is -2.90. The van der Waals surface area contributed by atoms with E-state index in [4.69, 9.17) is 17.3 Å². The van der Waals surface area contributed by atoms with Crippen molar-refractivity contribution >= 4 is 11.6 Å². The molecule has 0 bridgehead atoms. The van der Waals surface area contributed by atoms with Gasteiger partial charge in [0.25, 0.3) is 0 Å². The third-order valence-electron chi connectivity index (χ3n) is 4.69. The van der Waals surface area contributed by atoms with E-state index in [1.54, 1.807) is 41.2 Å². The van der Waals surface area contributed by atoms with Crippen molar-refractivity contribution in [3.63, 3.8) is 0 Å². The lowest BCUT2D eigenvalue weighted by Crippen LogP contribution is -2.09. The second-order valence-electron chi connectivity index (χ2n) is 7.61. The third-order valence-corrected chi connectivity index (χ3v) is 4.94. The molecule has 4 rings (SSSR count). The Morgan fingerprint density at radius 1 is 0.914 bits per heavy atom. The Morgan fingerprint density at radius 2 is 1.46 bits per heavy atom. The maximum Gasteiger partial charge on any atom is 0.417 e. The van der Waals surface area contributed by atoms with Crippen molar-refractivity contribution in [1.29, 1.82) is 0 Å². The highest BCUT2D eigenvalue weighted by molar-refractivity contribution is 6.30. The van der Waals surface area contributed by atoms with E-state index in [2.05, 4.69) is 10.4 Å². The van der Waals surface area contributed by atoms with E-state index in [0.29, 0.717) is 22.0 Å². The predicted molar refractivity (Wildman–Crippen MR) is 139 cm³/mol. The van der Waals surface area contributed by atoms with Crippen molar-refractivity contribution in [3.05, 3.63) is 95.1 Å². The maximum absolute atomic E-state index is 13.8. The van der Waals surface area contributed by atoms with Gasteiger partial charge in [-0.2, -0.15) is 18.3 Å². The lowest BCUT2D eigenvalue weighted by molar-refractivity contribution is -0.137. The summed E-state index contributed by atoms with van der Waals surface area (Å²) in [7, 11) is 3.75. The van der Waals surface area contributed by atoms with E-state index in [1.807, 2.05) is 52.2 Å². The Kier molecular flexibility index (Phi) is 10.5. The van der Waals surface area contributed by atoms with Crippen molar-refractivity contribution in [3.8, 4) is 28.1 Å². The highest BCUT2D eigenvalue weighted by Gasteiger charge is 2.35. The van der Waals surface area contributed by atoms with E-state index in [9.17, 15) is 13.2 Å². The second kappa shape index (κ2) is 13.1. The van der Waals surface area contributed by atoms with Gasteiger partial charge in [0.2, 0.25) is 0 Å². The zero-order valence-corrected chi connectivity index (χ0v) is 21.0. The molecule has 0 amide bonds. The summed E-state index contributed by atoms with van der Waals surface area (Å²) in [5.41, 5.74) is 7.66. The lowest BCUT2D eigenvalue weighted by Gasteiger charge is -2.16. The van der Waals surface area contributed by atoms with Crippen LogP contribution in [0.3, 0.4) is 0 Å². The predicted octanol–water partition coefficient (Wildman–Crippen LogP) is 6.99. The number of nitrogens with zero attached hydrogens (tertiary/aromatic N) is 2. The Labute approximate surface area is 209 Å². The molecule has 0 atom stereocenters. The molecule has 186 valence electrons. The molecule has 4 nitrogen and oxygen atoms in total. The summed E-state index contributed by atoms with van der Waals surface area (Å²) in [5.74, 6) is 0. The molecule has 3 aromatic carbocycles. The molecule has 8 heteroatoms. The van der Waals surface area contributed by atoms with Crippen LogP contribution in [0.5, 0.6) is 0 Å². The summed E-state index contributed by atoms with van der Waals surface area (Å²) < 4.78 is 42.9. The zero-order valence-electron chi connectivity index (χ0n) is 20.2. The van der Waals surface area contributed by atoms with Crippen LogP contribution in [0.25, 0.3) is 28.1 Å². The van der Waals surface area contributed by atoms with Crippen LogP contribution < -0.4 is 11.1 Å². The average Bonchev–Trinajstić information content (AvgIpc) is 3.25. The van der Waals surface area contributed by atoms with E-state index >= 15 is 0 Å². The first kappa shape index (κ1) is 28.1. The smallest absolute Gasteiger partial charge is 0.331 e. The highest BCUT2D eigenvalue weighted by atomic mass is 35.5. The number of nitrogens with one attached hydrogen (secondary N) is 1. The van der Waals surface area contributed by atoms with Gasteiger partial charge in [0.15, 0.2) is 0 Å². The molecule has 0 radical (unpaired) electrons. The first-order valence-electron chi connectivity index (χ1n) is 11.0. The van der Waals surface area contributed by atoms with Crippen molar-refractivity contribution in [2.24, 2.45) is 5.73 Å². The zero-order chi connectivity index (χ0) is 26.0. The van der Waals surface area contributed by atoms with E-state index < -0.39 is 11.7 Å². The van der Waals surface area contributed by atoms with Gasteiger partial charge in [-0.05, 0) is 63.5 Å². The Bertz CT molecular complexity index is 1120. The Balaban J connectivity index is 0.000000655. The van der Waals surface area contributed by atoms with Gasteiger partial charge < -0.3 is 11.1 Å². The lowest BCUT2D eigenvalue weighted by atomic mass is 9.97. The van der Waals surface area contributed by atoms with Crippen LogP contribution >= 0.6 is 11.6 Å². The minimum absolute atomic E-state index is 0.0722. The molecule has 4 aromatic rings. The number of hydrogen-bond acceptors (Lipinski definition) is 3. The molecule has 0 saturated carbocycles. The highest BCUT2D eigenvalue weighted by Crippen LogP contribution is 2.41. The fourth-order valence-electron chi connectivity index (χ4n) is 3.27. The molecule has 0 aliphatic carbocycles. The number of alkyl halides is 3. The largest absolute Gasteiger partial charge is 0.417 e. The molecule has 0 aliphatic heterocycles. The van der Waals surface area contributed by atoms with Crippen LogP contribution in [-0.2, 0) is 6.18 Å². The first-order valence-corrected chi connectivity index (χ1v) is 11.4. The molecule has 1 aromatic heterocycles. The monoisotopic (exact) mass is 502 g/mol. The third kappa shape index (κ3) is 7.42. The molecule has 0 fully saturated rings. The normalized spacial score (nSPS) is 10.7. The van der Waals surface area contributed by atoms with Crippen molar-refractivity contribution in [2.45, 2.75) is 20.0 Å². The van der Waals surface area contributed by atoms with Gasteiger partial charge in [-0.3, -0.25) is 0 Å². The summed E-state index contributed by atoms with van der Waals surface area (Å²) in [5, 5.41) is 7.73. The molecule has 3 N–H and O–H groups in total. The van der Waals surface area contributed by atoms with Crippen LogP contribution in [0, 0.1) is 6.92 Å². The summed E-state index contributed by atoms with van der Waals surface area (Å²) in [4.78, 5) is 0. The van der Waals surface area contributed by atoms with Crippen LogP contribution in [0.15, 0.2) is 79.0 Å². The maximum atomic E-state index is 13.8. The SMILES string of the molecule is CCN.CNC.Cc1ccc(-n2ncc(-c3ccc(Cl)cc3)c2-c2ccccc2C(F)(F)F)cc1. The molecule has 0 saturated heterocycles. The van der Waals surface area contributed by atoms with Crippen molar-refractivity contribution < 1.29 is 13.2 Å². The molecular formula is C27H30ClF3N4. The standard InChI is InChI=1S/C23H16ClF3N2.2C2H7N/c1-15-6-12-18(13-7-15)29-22(19-4-2-3-5-21(19)23(25,26)27)20(14-28-29)16-8-10-17(24)11-9-16;1-3-2;1-2-3/h2-14H,1H3;3H,1-2H3;2-3H2,1H3. The van der Waals surface area contributed by atoms with Gasteiger partial charge in [0.05, 0.1) is 23.1 Å². The van der Waals surface area contributed by atoms with Crippen LogP contribution in [0.4, 0.5) is 13.2 Å². The number of hydrogen-bond donors (Lipinski definition) is 2. The molecule has 35 heavy (non-hydrogen) atoms. The number of benzene rings is 3. The van der Waals surface area contributed by atoms with Gasteiger partial charge in [0, 0.05) is 16.1 Å². The summed E-state index contributed by atoms with van der Waals surface area (Å²) in [6.45, 7) is 4.60. The van der Waals surface area contributed by atoms with E-state index in [0.717, 1.165) is 23.7 Å². The minimum atomic E-state index is -4.49. The first-order chi connectivity index (χ1) is 16.7. The Morgan fingerprint density at radius 3 is 2.00 bits per heavy atom. The quantitative estimate of drug-likeness (QED) is 0.317. The second-order valence-corrected chi connectivity index (χ2v) is 8.05. The van der Waals surface area contributed by atoms with Crippen LogP contribution in [-0.4, -0.2) is 30.4 Å². The van der Waals surface area contributed by atoms with E-state index in [-0.39, 0.29) is 5.56 Å². The van der Waals surface area contributed by atoms with Crippen LogP contribution in [0.2, 0.25) is 5.02 Å². The fraction of sp³-hybridized carbons (Fsp3) is 0.222.